The minimum absolute atomic E-state index is 0.0611. The van der Waals surface area contributed by atoms with Gasteiger partial charge in [-0.2, -0.15) is 0 Å². The summed E-state index contributed by atoms with van der Waals surface area (Å²) in [5.41, 5.74) is 1.89. The van der Waals surface area contributed by atoms with Gasteiger partial charge in [-0.3, -0.25) is 4.79 Å². The number of hydrogen-bond donors (Lipinski definition) is 2. The fourth-order valence-electron chi connectivity index (χ4n) is 2.19. The number of nitrogens with zero attached hydrogens (tertiary/aromatic N) is 1. The van der Waals surface area contributed by atoms with Gasteiger partial charge in [0.2, 0.25) is 0 Å². The highest BCUT2D eigenvalue weighted by Crippen LogP contribution is 2.06. The lowest BCUT2D eigenvalue weighted by Crippen LogP contribution is -2.25. The van der Waals surface area contributed by atoms with Gasteiger partial charge < -0.3 is 10.6 Å². The zero-order valence-corrected chi connectivity index (χ0v) is 13.9. The fourth-order valence-corrected chi connectivity index (χ4v) is 2.19. The molecule has 122 valence electrons. The van der Waals surface area contributed by atoms with E-state index >= 15 is 0 Å². The number of hydrogen-bond acceptors (Lipinski definition) is 3. The molecule has 4 heteroatoms. The lowest BCUT2D eigenvalue weighted by molar-refractivity contribution is 0.0951. The zero-order valence-electron chi connectivity index (χ0n) is 13.9. The third kappa shape index (κ3) is 6.10. The van der Waals surface area contributed by atoms with Crippen molar-refractivity contribution in [1.29, 1.82) is 0 Å². The van der Waals surface area contributed by atoms with Gasteiger partial charge in [0.05, 0.1) is 5.56 Å². The predicted molar refractivity (Wildman–Crippen MR) is 94.7 cm³/mol. The zero-order chi connectivity index (χ0) is 16.5. The van der Waals surface area contributed by atoms with Crippen LogP contribution in [0.5, 0.6) is 0 Å². The van der Waals surface area contributed by atoms with Crippen molar-refractivity contribution >= 4 is 11.7 Å². The Bertz CT molecular complexity index is 594. The largest absolute Gasteiger partial charge is 0.370 e. The van der Waals surface area contributed by atoms with Crippen LogP contribution in [0.4, 0.5) is 5.82 Å². The molecule has 1 heterocycles. The maximum Gasteiger partial charge on any atom is 0.252 e. The maximum atomic E-state index is 12.0. The molecule has 1 aromatic heterocycles. The van der Waals surface area contributed by atoms with Gasteiger partial charge in [0.15, 0.2) is 0 Å². The Morgan fingerprint density at radius 1 is 1.09 bits per heavy atom. The lowest BCUT2D eigenvalue weighted by atomic mass is 10.1. The minimum atomic E-state index is -0.0611. The third-order valence-electron chi connectivity index (χ3n) is 3.60. The second kappa shape index (κ2) is 8.93. The Morgan fingerprint density at radius 2 is 1.87 bits per heavy atom. The number of benzene rings is 1. The van der Waals surface area contributed by atoms with E-state index in [1.807, 2.05) is 30.3 Å². The van der Waals surface area contributed by atoms with Crippen LogP contribution in [0, 0.1) is 5.92 Å². The average molecular weight is 311 g/mol. The van der Waals surface area contributed by atoms with E-state index in [9.17, 15) is 4.79 Å². The highest BCUT2D eigenvalue weighted by Gasteiger charge is 2.06. The molecule has 0 spiro atoms. The number of amides is 1. The van der Waals surface area contributed by atoms with Crippen LogP contribution in [0.1, 0.15) is 36.2 Å². The first-order valence-corrected chi connectivity index (χ1v) is 8.17. The molecular formula is C19H25N3O. The monoisotopic (exact) mass is 311 g/mol. The van der Waals surface area contributed by atoms with Crippen LogP contribution < -0.4 is 10.6 Å². The molecule has 2 aromatic rings. The molecule has 0 fully saturated rings. The number of carbonyl (C=O) groups is 1. The van der Waals surface area contributed by atoms with Gasteiger partial charge in [0.25, 0.3) is 5.91 Å². The van der Waals surface area contributed by atoms with Gasteiger partial charge in [-0.05, 0) is 36.5 Å². The molecule has 23 heavy (non-hydrogen) atoms. The molecule has 1 amide bonds. The van der Waals surface area contributed by atoms with Gasteiger partial charge in [-0.1, -0.05) is 44.2 Å². The van der Waals surface area contributed by atoms with E-state index in [2.05, 4.69) is 41.6 Å². The van der Waals surface area contributed by atoms with Crippen molar-refractivity contribution < 1.29 is 4.79 Å². The quantitative estimate of drug-likeness (QED) is 0.784. The molecule has 0 aliphatic heterocycles. The Labute approximate surface area is 138 Å². The first-order chi connectivity index (χ1) is 11.1. The number of nitrogens with one attached hydrogen (secondary N) is 2. The van der Waals surface area contributed by atoms with Crippen LogP contribution in [-0.4, -0.2) is 24.0 Å². The summed E-state index contributed by atoms with van der Waals surface area (Å²) in [6.45, 7) is 5.80. The van der Waals surface area contributed by atoms with Crippen LogP contribution in [0.15, 0.2) is 48.7 Å². The van der Waals surface area contributed by atoms with Crippen molar-refractivity contribution in [1.82, 2.24) is 10.3 Å². The van der Waals surface area contributed by atoms with Crippen molar-refractivity contribution in [3.63, 3.8) is 0 Å². The number of aromatic nitrogens is 1. The standard InChI is InChI=1S/C19H25N3O/c1-15(2)10-12-21-19(23)17-8-9-18(22-14-17)20-13-11-16-6-4-3-5-7-16/h3-9,14-15H,10-13H2,1-2H3,(H,20,22)(H,21,23). The van der Waals surface area contributed by atoms with Crippen LogP contribution in [-0.2, 0) is 6.42 Å². The lowest BCUT2D eigenvalue weighted by Gasteiger charge is -2.08. The molecule has 0 bridgehead atoms. The summed E-state index contributed by atoms with van der Waals surface area (Å²) in [4.78, 5) is 16.3. The summed E-state index contributed by atoms with van der Waals surface area (Å²) in [5, 5.41) is 6.19. The van der Waals surface area contributed by atoms with Crippen LogP contribution >= 0.6 is 0 Å². The molecule has 0 unspecified atom stereocenters. The van der Waals surface area contributed by atoms with E-state index in [1.54, 1.807) is 6.20 Å². The molecule has 0 saturated heterocycles. The summed E-state index contributed by atoms with van der Waals surface area (Å²) >= 11 is 0. The summed E-state index contributed by atoms with van der Waals surface area (Å²) in [5.74, 6) is 1.32. The highest BCUT2D eigenvalue weighted by molar-refractivity contribution is 5.94. The Morgan fingerprint density at radius 3 is 2.52 bits per heavy atom. The first-order valence-electron chi connectivity index (χ1n) is 8.17. The molecule has 0 radical (unpaired) electrons. The summed E-state index contributed by atoms with van der Waals surface area (Å²) in [6, 6.07) is 14.0. The van der Waals surface area contributed by atoms with Gasteiger partial charge in [-0.15, -0.1) is 0 Å². The Kier molecular flexibility index (Phi) is 6.60. The van der Waals surface area contributed by atoms with Crippen molar-refractivity contribution in [2.75, 3.05) is 18.4 Å². The molecule has 2 N–H and O–H groups in total. The van der Waals surface area contributed by atoms with Crippen molar-refractivity contribution in [2.24, 2.45) is 5.92 Å². The Hall–Kier alpha value is -2.36. The first kappa shape index (κ1) is 17.0. The van der Waals surface area contributed by atoms with E-state index in [-0.39, 0.29) is 5.91 Å². The third-order valence-corrected chi connectivity index (χ3v) is 3.60. The van der Waals surface area contributed by atoms with Crippen LogP contribution in [0.25, 0.3) is 0 Å². The molecular weight excluding hydrogens is 286 g/mol. The fraction of sp³-hybridized carbons (Fsp3) is 0.368. The summed E-state index contributed by atoms with van der Waals surface area (Å²) in [7, 11) is 0. The molecule has 2 rings (SSSR count). The number of carbonyl (C=O) groups excluding carboxylic acids is 1. The summed E-state index contributed by atoms with van der Waals surface area (Å²) in [6.07, 6.45) is 3.55. The second-order valence-corrected chi connectivity index (χ2v) is 6.03. The van der Waals surface area contributed by atoms with E-state index in [0.29, 0.717) is 18.0 Å². The van der Waals surface area contributed by atoms with Crippen molar-refractivity contribution in [3.8, 4) is 0 Å². The molecule has 0 saturated carbocycles. The van der Waals surface area contributed by atoms with Gasteiger partial charge in [0.1, 0.15) is 5.82 Å². The molecule has 4 nitrogen and oxygen atoms in total. The maximum absolute atomic E-state index is 12.0. The van der Waals surface area contributed by atoms with Gasteiger partial charge >= 0.3 is 0 Å². The van der Waals surface area contributed by atoms with Crippen LogP contribution in [0.2, 0.25) is 0 Å². The average Bonchev–Trinajstić information content (AvgIpc) is 2.56. The second-order valence-electron chi connectivity index (χ2n) is 6.03. The van der Waals surface area contributed by atoms with E-state index in [1.165, 1.54) is 5.56 Å². The molecule has 0 aliphatic carbocycles. The molecule has 0 aliphatic rings. The SMILES string of the molecule is CC(C)CCNC(=O)c1ccc(NCCc2ccccc2)nc1. The molecule has 1 aromatic carbocycles. The van der Waals surface area contributed by atoms with Gasteiger partial charge in [-0.25, -0.2) is 4.98 Å². The van der Waals surface area contributed by atoms with E-state index in [4.69, 9.17) is 0 Å². The summed E-state index contributed by atoms with van der Waals surface area (Å²) < 4.78 is 0. The van der Waals surface area contributed by atoms with Crippen molar-refractivity contribution in [2.45, 2.75) is 26.7 Å². The normalized spacial score (nSPS) is 10.6. The number of anilines is 1. The van der Waals surface area contributed by atoms with Gasteiger partial charge in [0, 0.05) is 19.3 Å². The number of pyridine rings is 1. The van der Waals surface area contributed by atoms with Crippen molar-refractivity contribution in [3.05, 3.63) is 59.8 Å². The minimum Gasteiger partial charge on any atom is -0.370 e. The van der Waals surface area contributed by atoms with Crippen LogP contribution in [0.3, 0.4) is 0 Å². The Balaban J connectivity index is 1.76. The smallest absolute Gasteiger partial charge is 0.252 e. The van der Waals surface area contributed by atoms with E-state index in [0.717, 1.165) is 25.2 Å². The molecule has 0 atom stereocenters. The predicted octanol–water partition coefficient (Wildman–Crippen LogP) is 3.51. The number of rotatable bonds is 8. The highest BCUT2D eigenvalue weighted by atomic mass is 16.1. The van der Waals surface area contributed by atoms with E-state index < -0.39 is 0 Å². The topological polar surface area (TPSA) is 54.0 Å².